The second kappa shape index (κ2) is 7.91. The Morgan fingerprint density at radius 2 is 1.80 bits per heavy atom. The monoisotopic (exact) mass is 359 g/mol. The number of aryl methyl sites for hydroxylation is 1. The molecule has 136 valence electrons. The molecule has 2 heterocycles. The number of aromatic nitrogens is 2. The number of carbonyl (C=O) groups is 1. The van der Waals surface area contributed by atoms with Gasteiger partial charge in [-0.15, -0.1) is 0 Å². The number of hydrogen-bond acceptors (Lipinski definition) is 4. The van der Waals surface area contributed by atoms with Crippen LogP contribution in [0.4, 0.5) is 17.6 Å². The van der Waals surface area contributed by atoms with E-state index in [9.17, 15) is 22.4 Å². The van der Waals surface area contributed by atoms with Crippen molar-refractivity contribution in [3.63, 3.8) is 0 Å². The van der Waals surface area contributed by atoms with Crippen LogP contribution in [-0.4, -0.2) is 15.9 Å². The maximum Gasteiger partial charge on any atom is 0.418 e. The van der Waals surface area contributed by atoms with Crippen LogP contribution in [-0.2, 0) is 6.18 Å². The van der Waals surface area contributed by atoms with Gasteiger partial charge in [-0.3, -0.25) is 4.79 Å². The van der Waals surface area contributed by atoms with E-state index in [1.54, 1.807) is 0 Å². The van der Waals surface area contributed by atoms with E-state index in [4.69, 9.17) is 10.5 Å². The highest BCUT2D eigenvalue weighted by molar-refractivity contribution is 5.97. The third-order valence-electron chi connectivity index (χ3n) is 3.07. The molecule has 0 spiro atoms. The molecule has 0 aromatic carbocycles. The second-order valence-corrected chi connectivity index (χ2v) is 4.66. The van der Waals surface area contributed by atoms with Crippen LogP contribution in [0, 0.1) is 19.8 Å². The number of nitrogens with two attached hydrogens (primary N) is 1. The van der Waals surface area contributed by atoms with Crippen molar-refractivity contribution in [1.82, 2.24) is 9.97 Å². The van der Waals surface area contributed by atoms with Gasteiger partial charge < -0.3 is 10.5 Å². The molecule has 2 aromatic rings. The van der Waals surface area contributed by atoms with Gasteiger partial charge in [0.05, 0.1) is 11.3 Å². The number of amides is 1. The van der Waals surface area contributed by atoms with Crippen LogP contribution in [0.5, 0.6) is 11.6 Å². The minimum absolute atomic E-state index is 0.0422. The van der Waals surface area contributed by atoms with Gasteiger partial charge in [0, 0.05) is 6.20 Å². The van der Waals surface area contributed by atoms with E-state index in [-0.39, 0.29) is 11.4 Å². The number of ether oxygens (including phenoxy) is 1. The Morgan fingerprint density at radius 3 is 2.28 bits per heavy atom. The van der Waals surface area contributed by atoms with Crippen molar-refractivity contribution < 1.29 is 27.1 Å². The van der Waals surface area contributed by atoms with Gasteiger partial charge in [0.15, 0.2) is 5.75 Å². The summed E-state index contributed by atoms with van der Waals surface area (Å²) in [7, 11) is 0. The lowest BCUT2D eigenvalue weighted by Crippen LogP contribution is -2.19. The van der Waals surface area contributed by atoms with Gasteiger partial charge in [-0.25, -0.2) is 9.97 Å². The predicted octanol–water partition coefficient (Wildman–Crippen LogP) is 4.17. The van der Waals surface area contributed by atoms with Crippen molar-refractivity contribution in [3.8, 4) is 11.6 Å². The second-order valence-electron chi connectivity index (χ2n) is 4.66. The molecule has 0 aliphatic carbocycles. The number of rotatable bonds is 3. The normalized spacial score (nSPS) is 10.7. The Bertz CT molecular complexity index is 777. The van der Waals surface area contributed by atoms with Crippen molar-refractivity contribution in [2.45, 2.75) is 33.9 Å². The lowest BCUT2D eigenvalue weighted by molar-refractivity contribution is -0.138. The lowest BCUT2D eigenvalue weighted by Gasteiger charge is -2.15. The zero-order chi connectivity index (χ0) is 19.4. The average molecular weight is 359 g/mol. The summed E-state index contributed by atoms with van der Waals surface area (Å²) in [5.41, 5.74) is 3.29. The minimum Gasteiger partial charge on any atom is -0.436 e. The van der Waals surface area contributed by atoms with E-state index in [0.29, 0.717) is 6.20 Å². The van der Waals surface area contributed by atoms with Crippen LogP contribution in [0.25, 0.3) is 0 Å². The quantitative estimate of drug-likeness (QED) is 0.659. The van der Waals surface area contributed by atoms with E-state index in [0.717, 1.165) is 13.0 Å². The van der Waals surface area contributed by atoms with Crippen molar-refractivity contribution in [2.75, 3.05) is 0 Å². The number of primary amides is 1. The van der Waals surface area contributed by atoms with E-state index in [1.165, 1.54) is 13.0 Å². The first kappa shape index (κ1) is 20.3. The van der Waals surface area contributed by atoms with E-state index in [2.05, 4.69) is 9.97 Å². The Balaban J connectivity index is 0.00000151. The summed E-state index contributed by atoms with van der Waals surface area (Å²) in [4.78, 5) is 18.5. The number of carbonyl (C=O) groups excluding carboxylic acids is 1. The number of alkyl halides is 3. The molecular formula is C16H17F4N3O2. The first-order valence-corrected chi connectivity index (χ1v) is 7.29. The molecule has 5 nitrogen and oxygen atoms in total. The molecule has 1 amide bonds. The molecule has 0 radical (unpaired) electrons. The molecule has 0 atom stereocenters. The van der Waals surface area contributed by atoms with E-state index in [1.807, 2.05) is 13.8 Å². The molecule has 2 N–H and O–H groups in total. The topological polar surface area (TPSA) is 78.1 Å². The summed E-state index contributed by atoms with van der Waals surface area (Å²) in [5, 5.41) is 0. The minimum atomic E-state index is -4.69. The fraction of sp³-hybridized carbons (Fsp3) is 0.312. The van der Waals surface area contributed by atoms with Crippen LogP contribution < -0.4 is 10.5 Å². The van der Waals surface area contributed by atoms with Crippen molar-refractivity contribution in [2.24, 2.45) is 5.73 Å². The van der Waals surface area contributed by atoms with Crippen LogP contribution in [0.15, 0.2) is 18.3 Å². The van der Waals surface area contributed by atoms with Crippen LogP contribution in [0.1, 0.15) is 41.0 Å². The van der Waals surface area contributed by atoms with E-state index < -0.39 is 40.6 Å². The molecule has 2 rings (SSSR count). The molecule has 9 heteroatoms. The Labute approximate surface area is 141 Å². The summed E-state index contributed by atoms with van der Waals surface area (Å²) < 4.78 is 56.9. The van der Waals surface area contributed by atoms with Crippen molar-refractivity contribution in [1.29, 1.82) is 0 Å². The fourth-order valence-corrected chi connectivity index (χ4v) is 1.96. The summed E-state index contributed by atoms with van der Waals surface area (Å²) in [6, 6.07) is 2.22. The molecule has 0 aliphatic heterocycles. The highest BCUT2D eigenvalue weighted by Gasteiger charge is 2.35. The summed E-state index contributed by atoms with van der Waals surface area (Å²) >= 11 is 0. The molecule has 0 bridgehead atoms. The Kier molecular flexibility index (Phi) is 6.43. The van der Waals surface area contributed by atoms with Crippen LogP contribution >= 0.6 is 0 Å². The summed E-state index contributed by atoms with van der Waals surface area (Å²) in [6.45, 7) is 6.52. The van der Waals surface area contributed by atoms with Gasteiger partial charge in [-0.1, -0.05) is 13.8 Å². The van der Waals surface area contributed by atoms with Gasteiger partial charge >= 0.3 is 6.18 Å². The first-order chi connectivity index (χ1) is 11.6. The van der Waals surface area contributed by atoms with Gasteiger partial charge in [0.1, 0.15) is 5.56 Å². The lowest BCUT2D eigenvalue weighted by atomic mass is 10.0. The number of halogens is 4. The zero-order valence-electron chi connectivity index (χ0n) is 14.0. The fourth-order valence-electron chi connectivity index (χ4n) is 1.96. The molecule has 2 aromatic heterocycles. The summed E-state index contributed by atoms with van der Waals surface area (Å²) in [6.07, 6.45) is -4.14. The highest BCUT2D eigenvalue weighted by atomic mass is 19.4. The van der Waals surface area contributed by atoms with Gasteiger partial charge in [-0.2, -0.15) is 17.6 Å². The van der Waals surface area contributed by atoms with Crippen molar-refractivity contribution in [3.05, 3.63) is 46.7 Å². The van der Waals surface area contributed by atoms with Gasteiger partial charge in [0.25, 0.3) is 5.91 Å². The Morgan fingerprint density at radius 1 is 1.20 bits per heavy atom. The number of nitrogens with zero attached hydrogens (tertiary/aromatic N) is 2. The molecule has 0 saturated heterocycles. The Hall–Kier alpha value is -2.71. The summed E-state index contributed by atoms with van der Waals surface area (Å²) in [5.74, 6) is -2.23. The SMILES string of the molecule is CC.Cc1nc(F)ccc1Oc1ncc(C(F)(F)F)c(C)c1C(N)=O. The number of hydrogen-bond donors (Lipinski definition) is 1. The smallest absolute Gasteiger partial charge is 0.418 e. The average Bonchev–Trinajstić information content (AvgIpc) is 2.50. The number of pyridine rings is 2. The maximum absolute atomic E-state index is 13.0. The molecular weight excluding hydrogens is 342 g/mol. The molecule has 0 unspecified atom stereocenters. The maximum atomic E-state index is 13.0. The molecule has 25 heavy (non-hydrogen) atoms. The van der Waals surface area contributed by atoms with Crippen molar-refractivity contribution >= 4 is 5.91 Å². The predicted molar refractivity (Wildman–Crippen MR) is 82.8 cm³/mol. The third-order valence-corrected chi connectivity index (χ3v) is 3.07. The third kappa shape index (κ3) is 4.65. The molecule has 0 saturated carbocycles. The van der Waals surface area contributed by atoms with Crippen LogP contribution in [0.3, 0.4) is 0 Å². The highest BCUT2D eigenvalue weighted by Crippen LogP contribution is 2.36. The van der Waals surface area contributed by atoms with Gasteiger partial charge in [-0.05, 0) is 31.5 Å². The zero-order valence-corrected chi connectivity index (χ0v) is 14.0. The van der Waals surface area contributed by atoms with Gasteiger partial charge in [0.2, 0.25) is 11.8 Å². The first-order valence-electron chi connectivity index (χ1n) is 7.29. The molecule has 0 fully saturated rings. The van der Waals surface area contributed by atoms with E-state index >= 15 is 0 Å². The largest absolute Gasteiger partial charge is 0.436 e. The molecule has 0 aliphatic rings. The van der Waals surface area contributed by atoms with Crippen LogP contribution in [0.2, 0.25) is 0 Å². The standard InChI is InChI=1S/C14H11F4N3O2.C2H6/c1-6-8(14(16,17)18)5-20-13(11(6)12(19)22)23-9-3-4-10(15)21-7(9)2;1-2/h3-5H,1-2H3,(H2,19,22);1-2H3.